The fraction of sp³-hybridized carbons (Fsp3) is 0. The first-order chi connectivity index (χ1) is 29.2. The van der Waals surface area contributed by atoms with Gasteiger partial charge >= 0.3 is 0 Å². The van der Waals surface area contributed by atoms with Gasteiger partial charge in [0.15, 0.2) is 0 Å². The second kappa shape index (κ2) is 13.6. The van der Waals surface area contributed by atoms with Crippen LogP contribution in [-0.4, -0.2) is 0 Å². The molecular weight excluding hydrogens is 735 g/mol. The van der Waals surface area contributed by atoms with Gasteiger partial charge in [0.2, 0.25) is 0 Å². The molecule has 12 aromatic rings. The van der Waals surface area contributed by atoms with Crippen LogP contribution in [0.5, 0.6) is 0 Å². The lowest BCUT2D eigenvalue weighted by atomic mass is 9.92. The molecule has 0 unspecified atom stereocenters. The molecule has 2 nitrogen and oxygen atoms in total. The molecule has 0 radical (unpaired) electrons. The highest BCUT2D eigenvalue weighted by molar-refractivity contribution is 7.26. The van der Waals surface area contributed by atoms with Crippen molar-refractivity contribution >= 4 is 92.1 Å². The number of para-hydroxylation sites is 1. The number of furan rings is 1. The SMILES string of the molecule is c1ccc(-c2ccc(N(c3ccc(-c4cc5ccccc5c5ccccc45)cc3)c3ccc4oc5ccccc5c4c3)cc2-c2cccc3c2sc2ccccc23)cc1. The van der Waals surface area contributed by atoms with Crippen LogP contribution in [-0.2, 0) is 0 Å². The van der Waals surface area contributed by atoms with Crippen LogP contribution in [0.3, 0.4) is 0 Å². The van der Waals surface area contributed by atoms with Gasteiger partial charge in [-0.25, -0.2) is 0 Å². The summed E-state index contributed by atoms with van der Waals surface area (Å²) in [5, 5.41) is 9.84. The van der Waals surface area contributed by atoms with Gasteiger partial charge in [-0.15, -0.1) is 11.3 Å². The number of anilines is 3. The first-order valence-electron chi connectivity index (χ1n) is 20.1. The van der Waals surface area contributed by atoms with Crippen LogP contribution in [0.25, 0.3) is 97.0 Å². The Hall–Kier alpha value is -7.46. The summed E-state index contributed by atoms with van der Waals surface area (Å²) in [6, 6.07) is 77.1. The maximum Gasteiger partial charge on any atom is 0.135 e. The van der Waals surface area contributed by atoms with Crippen LogP contribution in [0.15, 0.2) is 217 Å². The van der Waals surface area contributed by atoms with E-state index < -0.39 is 0 Å². The molecule has 3 heteroatoms. The van der Waals surface area contributed by atoms with Crippen LogP contribution >= 0.6 is 11.3 Å². The lowest BCUT2D eigenvalue weighted by Crippen LogP contribution is -2.10. The summed E-state index contributed by atoms with van der Waals surface area (Å²) in [6.07, 6.45) is 0. The summed E-state index contributed by atoms with van der Waals surface area (Å²) in [4.78, 5) is 2.40. The zero-order valence-corrected chi connectivity index (χ0v) is 32.8. The van der Waals surface area contributed by atoms with E-state index in [-0.39, 0.29) is 0 Å². The van der Waals surface area contributed by atoms with Gasteiger partial charge in [-0.1, -0.05) is 152 Å². The molecule has 10 aromatic carbocycles. The molecule has 276 valence electrons. The van der Waals surface area contributed by atoms with E-state index in [4.69, 9.17) is 4.42 Å². The van der Waals surface area contributed by atoms with Crippen molar-refractivity contribution in [1.82, 2.24) is 0 Å². The number of hydrogen-bond donors (Lipinski definition) is 0. The van der Waals surface area contributed by atoms with E-state index in [0.717, 1.165) is 39.0 Å². The molecule has 2 aromatic heterocycles. The van der Waals surface area contributed by atoms with E-state index in [1.165, 1.54) is 75.1 Å². The van der Waals surface area contributed by atoms with Crippen molar-refractivity contribution in [3.63, 3.8) is 0 Å². The Morgan fingerprint density at radius 3 is 1.81 bits per heavy atom. The van der Waals surface area contributed by atoms with Crippen molar-refractivity contribution < 1.29 is 4.42 Å². The fourth-order valence-electron chi connectivity index (χ4n) is 9.11. The van der Waals surface area contributed by atoms with Crippen molar-refractivity contribution in [2.24, 2.45) is 0 Å². The topological polar surface area (TPSA) is 16.4 Å². The van der Waals surface area contributed by atoms with E-state index in [2.05, 4.69) is 205 Å². The summed E-state index contributed by atoms with van der Waals surface area (Å²) in [6.45, 7) is 0. The van der Waals surface area contributed by atoms with Gasteiger partial charge in [-0.05, 0) is 110 Å². The Morgan fingerprint density at radius 1 is 0.322 bits per heavy atom. The molecule has 0 spiro atoms. The molecule has 59 heavy (non-hydrogen) atoms. The number of thiophene rings is 1. The number of rotatable bonds is 6. The standard InChI is InChI=1S/C56H35NOS/c1-2-13-36(14-3-1)43-31-29-40(34-51(43)49-22-12-21-48-47-20-9-11-24-55(47)59-56(48)49)57(41-30-32-54-52(35-41)46-19-8-10-23-53(46)58-54)39-27-25-37(26-28-39)50-33-38-15-4-5-16-42(38)44-17-6-7-18-45(44)50/h1-35H. The van der Waals surface area contributed by atoms with Crippen molar-refractivity contribution in [1.29, 1.82) is 0 Å². The zero-order chi connectivity index (χ0) is 38.9. The second-order valence-electron chi connectivity index (χ2n) is 15.2. The molecule has 0 atom stereocenters. The molecule has 0 aliphatic rings. The maximum absolute atomic E-state index is 6.32. The smallest absolute Gasteiger partial charge is 0.135 e. The number of fused-ring (bicyclic) bond motifs is 9. The molecule has 0 aliphatic heterocycles. The summed E-state index contributed by atoms with van der Waals surface area (Å²) < 4.78 is 8.92. The molecule has 0 saturated carbocycles. The van der Waals surface area contributed by atoms with Crippen LogP contribution in [0, 0.1) is 0 Å². The highest BCUT2D eigenvalue weighted by atomic mass is 32.1. The van der Waals surface area contributed by atoms with Gasteiger partial charge in [-0.2, -0.15) is 0 Å². The Balaban J connectivity index is 1.08. The van der Waals surface area contributed by atoms with E-state index in [1.807, 2.05) is 23.5 Å². The van der Waals surface area contributed by atoms with E-state index >= 15 is 0 Å². The molecule has 0 aliphatic carbocycles. The largest absolute Gasteiger partial charge is 0.456 e. The lowest BCUT2D eigenvalue weighted by molar-refractivity contribution is 0.669. The molecule has 12 rings (SSSR count). The van der Waals surface area contributed by atoms with Gasteiger partial charge in [-0.3, -0.25) is 0 Å². The number of benzene rings is 10. The average molecular weight is 770 g/mol. The molecular formula is C56H35NOS. The minimum atomic E-state index is 0.880. The Bertz CT molecular complexity index is 3560. The molecule has 0 fully saturated rings. The third-order valence-corrected chi connectivity index (χ3v) is 13.1. The Labute approximate surface area is 345 Å². The summed E-state index contributed by atoms with van der Waals surface area (Å²) in [5.41, 5.74) is 12.2. The van der Waals surface area contributed by atoms with Crippen molar-refractivity contribution in [3.8, 4) is 33.4 Å². The summed E-state index contributed by atoms with van der Waals surface area (Å²) in [5.74, 6) is 0. The van der Waals surface area contributed by atoms with Gasteiger partial charge in [0.1, 0.15) is 11.2 Å². The Morgan fingerprint density at radius 2 is 0.949 bits per heavy atom. The zero-order valence-electron chi connectivity index (χ0n) is 32.0. The molecule has 0 amide bonds. The second-order valence-corrected chi connectivity index (χ2v) is 16.3. The number of hydrogen-bond acceptors (Lipinski definition) is 3. The highest BCUT2D eigenvalue weighted by Crippen LogP contribution is 2.47. The quantitative estimate of drug-likeness (QED) is 0.157. The van der Waals surface area contributed by atoms with Gasteiger partial charge in [0.25, 0.3) is 0 Å². The Kier molecular flexibility index (Phi) is 7.75. The fourth-order valence-corrected chi connectivity index (χ4v) is 10.3. The van der Waals surface area contributed by atoms with Crippen molar-refractivity contribution in [2.45, 2.75) is 0 Å². The van der Waals surface area contributed by atoms with Crippen LogP contribution < -0.4 is 4.90 Å². The summed E-state index contributed by atoms with van der Waals surface area (Å²) in [7, 11) is 0. The van der Waals surface area contributed by atoms with Crippen molar-refractivity contribution in [3.05, 3.63) is 212 Å². The van der Waals surface area contributed by atoms with Crippen LogP contribution in [0.4, 0.5) is 17.1 Å². The van der Waals surface area contributed by atoms with Crippen LogP contribution in [0.2, 0.25) is 0 Å². The predicted molar refractivity (Wildman–Crippen MR) is 253 cm³/mol. The van der Waals surface area contributed by atoms with E-state index in [0.29, 0.717) is 0 Å². The molecule has 2 heterocycles. The average Bonchev–Trinajstić information content (AvgIpc) is 3.88. The first-order valence-corrected chi connectivity index (χ1v) is 20.9. The first kappa shape index (κ1) is 33.7. The predicted octanol–water partition coefficient (Wildman–Crippen LogP) is 16.7. The van der Waals surface area contributed by atoms with Gasteiger partial charge in [0.05, 0.1) is 0 Å². The lowest BCUT2D eigenvalue weighted by Gasteiger charge is -2.27. The van der Waals surface area contributed by atoms with E-state index in [9.17, 15) is 0 Å². The normalized spacial score (nSPS) is 11.7. The maximum atomic E-state index is 6.32. The minimum Gasteiger partial charge on any atom is -0.456 e. The van der Waals surface area contributed by atoms with Gasteiger partial charge < -0.3 is 9.32 Å². The van der Waals surface area contributed by atoms with E-state index in [1.54, 1.807) is 0 Å². The molecule has 0 bridgehead atoms. The van der Waals surface area contributed by atoms with Crippen LogP contribution in [0.1, 0.15) is 0 Å². The monoisotopic (exact) mass is 769 g/mol. The van der Waals surface area contributed by atoms with Gasteiger partial charge in [0, 0.05) is 53.6 Å². The number of nitrogens with zero attached hydrogens (tertiary/aromatic N) is 1. The third-order valence-electron chi connectivity index (χ3n) is 11.9. The van der Waals surface area contributed by atoms with Crippen molar-refractivity contribution in [2.75, 3.05) is 4.90 Å². The third kappa shape index (κ3) is 5.55. The minimum absolute atomic E-state index is 0.880. The summed E-state index contributed by atoms with van der Waals surface area (Å²) >= 11 is 1.87. The molecule has 0 N–H and O–H groups in total. The molecule has 0 saturated heterocycles. The highest BCUT2D eigenvalue weighted by Gasteiger charge is 2.20.